The first-order valence-corrected chi connectivity index (χ1v) is 9.59. The highest BCUT2D eigenvalue weighted by atomic mass is 16.5. The van der Waals surface area contributed by atoms with Gasteiger partial charge in [-0.3, -0.25) is 4.79 Å². The van der Waals surface area contributed by atoms with Crippen molar-refractivity contribution in [2.45, 2.75) is 44.7 Å². The van der Waals surface area contributed by atoms with Crippen LogP contribution in [0.5, 0.6) is 0 Å². The van der Waals surface area contributed by atoms with Crippen LogP contribution in [0, 0.1) is 0 Å². The number of nitrogens with zero attached hydrogens (tertiary/aromatic N) is 2. The minimum atomic E-state index is 0.192. The van der Waals surface area contributed by atoms with E-state index in [4.69, 9.17) is 4.52 Å². The van der Waals surface area contributed by atoms with Crippen LogP contribution in [0.1, 0.15) is 47.2 Å². The Morgan fingerprint density at radius 1 is 1.04 bits per heavy atom. The van der Waals surface area contributed by atoms with Crippen LogP contribution in [0.15, 0.2) is 47.0 Å². The Bertz CT molecular complexity index is 987. The molecule has 1 saturated carbocycles. The maximum absolute atomic E-state index is 12.0. The van der Waals surface area contributed by atoms with Gasteiger partial charge in [-0.05, 0) is 42.5 Å². The Labute approximate surface area is 157 Å². The Morgan fingerprint density at radius 2 is 1.85 bits per heavy atom. The molecule has 1 heterocycles. The Morgan fingerprint density at radius 3 is 2.63 bits per heavy atom. The molecule has 0 unspecified atom stereocenters. The van der Waals surface area contributed by atoms with Crippen molar-refractivity contribution in [2.24, 2.45) is 0 Å². The van der Waals surface area contributed by atoms with Crippen molar-refractivity contribution in [2.75, 3.05) is 0 Å². The first kappa shape index (κ1) is 16.4. The molecule has 0 atom stereocenters. The standard InChI is InChI=1S/C22H21N3O2/c26-20-11-10-15-8-9-17(12-19(15)20)22-24-21(25-27-22)16-6-4-14(5-7-16)13-23-18-2-1-3-18/h4-9,12,18,23H,1-3,10-11,13H2. The topological polar surface area (TPSA) is 68.0 Å². The summed E-state index contributed by atoms with van der Waals surface area (Å²) in [7, 11) is 0. The van der Waals surface area contributed by atoms with Crippen molar-refractivity contribution < 1.29 is 9.32 Å². The highest BCUT2D eigenvalue weighted by molar-refractivity contribution is 6.01. The fourth-order valence-corrected chi connectivity index (χ4v) is 3.67. The molecule has 0 radical (unpaired) electrons. The van der Waals surface area contributed by atoms with Gasteiger partial charge in [-0.25, -0.2) is 0 Å². The smallest absolute Gasteiger partial charge is 0.258 e. The van der Waals surface area contributed by atoms with Crippen LogP contribution in [-0.2, 0) is 13.0 Å². The molecule has 5 heteroatoms. The van der Waals surface area contributed by atoms with Gasteiger partial charge < -0.3 is 9.84 Å². The van der Waals surface area contributed by atoms with E-state index in [9.17, 15) is 4.79 Å². The maximum Gasteiger partial charge on any atom is 0.258 e. The molecular formula is C22H21N3O2. The predicted molar refractivity (Wildman–Crippen MR) is 102 cm³/mol. The first-order chi connectivity index (χ1) is 13.3. The maximum atomic E-state index is 12.0. The predicted octanol–water partition coefficient (Wildman–Crippen LogP) is 4.17. The van der Waals surface area contributed by atoms with Gasteiger partial charge in [0.25, 0.3) is 5.89 Å². The molecule has 2 aliphatic rings. The zero-order valence-electron chi connectivity index (χ0n) is 15.1. The van der Waals surface area contributed by atoms with E-state index >= 15 is 0 Å². The lowest BCUT2D eigenvalue weighted by Crippen LogP contribution is -2.34. The average molecular weight is 359 g/mol. The molecule has 136 valence electrons. The van der Waals surface area contributed by atoms with E-state index in [1.54, 1.807) is 0 Å². The third-order valence-corrected chi connectivity index (χ3v) is 5.62. The summed E-state index contributed by atoms with van der Waals surface area (Å²) in [6.45, 7) is 0.894. The summed E-state index contributed by atoms with van der Waals surface area (Å²) in [4.78, 5) is 16.5. The molecule has 0 saturated heterocycles. The van der Waals surface area contributed by atoms with Crippen molar-refractivity contribution in [3.63, 3.8) is 0 Å². The van der Waals surface area contributed by atoms with Gasteiger partial charge in [-0.2, -0.15) is 4.98 Å². The molecule has 2 aliphatic carbocycles. The van der Waals surface area contributed by atoms with E-state index in [2.05, 4.69) is 27.6 Å². The largest absolute Gasteiger partial charge is 0.334 e. The van der Waals surface area contributed by atoms with E-state index in [-0.39, 0.29) is 5.78 Å². The third-order valence-electron chi connectivity index (χ3n) is 5.62. The summed E-state index contributed by atoms with van der Waals surface area (Å²) in [6, 6.07) is 14.8. The number of carbonyl (C=O) groups is 1. The number of benzene rings is 2. The van der Waals surface area contributed by atoms with Crippen LogP contribution in [-0.4, -0.2) is 22.0 Å². The van der Waals surface area contributed by atoms with Crippen LogP contribution in [0.3, 0.4) is 0 Å². The van der Waals surface area contributed by atoms with Crippen LogP contribution in [0.4, 0.5) is 0 Å². The fourth-order valence-electron chi connectivity index (χ4n) is 3.67. The number of nitrogens with one attached hydrogen (secondary N) is 1. The molecule has 1 fully saturated rings. The minimum absolute atomic E-state index is 0.192. The molecular weight excluding hydrogens is 338 g/mol. The molecule has 5 rings (SSSR count). The summed E-state index contributed by atoms with van der Waals surface area (Å²) in [6.07, 6.45) is 5.34. The Balaban J connectivity index is 1.33. The molecule has 1 N–H and O–H groups in total. The van der Waals surface area contributed by atoms with Gasteiger partial charge in [0.05, 0.1) is 0 Å². The van der Waals surface area contributed by atoms with Crippen molar-refractivity contribution in [1.29, 1.82) is 0 Å². The van der Waals surface area contributed by atoms with Crippen LogP contribution in [0.25, 0.3) is 22.8 Å². The second-order valence-corrected chi connectivity index (χ2v) is 7.42. The number of hydrogen-bond acceptors (Lipinski definition) is 5. The molecule has 1 aromatic heterocycles. The lowest BCUT2D eigenvalue weighted by atomic mass is 9.93. The second-order valence-electron chi connectivity index (χ2n) is 7.42. The third kappa shape index (κ3) is 3.19. The van der Waals surface area contributed by atoms with Gasteiger partial charge in [0, 0.05) is 35.7 Å². The Hall–Kier alpha value is -2.79. The van der Waals surface area contributed by atoms with E-state index in [0.717, 1.165) is 35.2 Å². The molecule has 0 bridgehead atoms. The number of aromatic nitrogens is 2. The number of fused-ring (bicyclic) bond motifs is 1. The molecule has 0 spiro atoms. The number of hydrogen-bond donors (Lipinski definition) is 1. The van der Waals surface area contributed by atoms with E-state index in [0.29, 0.717) is 24.2 Å². The van der Waals surface area contributed by atoms with Crippen LogP contribution < -0.4 is 5.32 Å². The van der Waals surface area contributed by atoms with Crippen LogP contribution in [0.2, 0.25) is 0 Å². The first-order valence-electron chi connectivity index (χ1n) is 9.59. The zero-order valence-corrected chi connectivity index (χ0v) is 15.1. The lowest BCUT2D eigenvalue weighted by molar-refractivity contribution is 0.0994. The fraction of sp³-hybridized carbons (Fsp3) is 0.318. The highest BCUT2D eigenvalue weighted by Gasteiger charge is 2.21. The number of carbonyl (C=O) groups excluding carboxylic acids is 1. The van der Waals surface area contributed by atoms with Gasteiger partial charge in [0.1, 0.15) is 0 Å². The summed E-state index contributed by atoms with van der Waals surface area (Å²) < 4.78 is 5.45. The SMILES string of the molecule is O=C1CCc2ccc(-c3nc(-c4ccc(CNC5CCC5)cc4)no3)cc21. The molecule has 0 aliphatic heterocycles. The summed E-state index contributed by atoms with van der Waals surface area (Å²) >= 11 is 0. The van der Waals surface area contributed by atoms with Gasteiger partial charge in [0.2, 0.25) is 5.82 Å². The summed E-state index contributed by atoms with van der Waals surface area (Å²) in [5, 5.41) is 7.68. The van der Waals surface area contributed by atoms with Gasteiger partial charge in [-0.1, -0.05) is 41.9 Å². The van der Waals surface area contributed by atoms with Gasteiger partial charge in [0.15, 0.2) is 5.78 Å². The monoisotopic (exact) mass is 359 g/mol. The number of ketones is 1. The molecule has 27 heavy (non-hydrogen) atoms. The number of aryl methyl sites for hydroxylation is 1. The summed E-state index contributed by atoms with van der Waals surface area (Å²) in [5.41, 5.74) is 4.87. The van der Waals surface area contributed by atoms with E-state index in [1.165, 1.54) is 24.8 Å². The van der Waals surface area contributed by atoms with Crippen molar-refractivity contribution >= 4 is 5.78 Å². The molecule has 2 aromatic carbocycles. The molecule has 3 aromatic rings. The van der Waals surface area contributed by atoms with Crippen LogP contribution >= 0.6 is 0 Å². The van der Waals surface area contributed by atoms with E-state index in [1.807, 2.05) is 30.3 Å². The van der Waals surface area contributed by atoms with Gasteiger partial charge >= 0.3 is 0 Å². The number of rotatable bonds is 5. The van der Waals surface area contributed by atoms with Crippen molar-refractivity contribution in [3.8, 4) is 22.8 Å². The van der Waals surface area contributed by atoms with Crippen molar-refractivity contribution in [3.05, 3.63) is 59.2 Å². The zero-order chi connectivity index (χ0) is 18.2. The van der Waals surface area contributed by atoms with E-state index < -0.39 is 0 Å². The minimum Gasteiger partial charge on any atom is -0.334 e. The Kier molecular flexibility index (Phi) is 4.09. The second kappa shape index (κ2) is 6.74. The number of Topliss-reactive ketones (excluding diaryl/α,β-unsaturated/α-hetero) is 1. The van der Waals surface area contributed by atoms with Gasteiger partial charge in [-0.15, -0.1) is 0 Å². The molecule has 0 amide bonds. The van der Waals surface area contributed by atoms with Crippen molar-refractivity contribution in [1.82, 2.24) is 15.5 Å². The normalized spacial score (nSPS) is 16.4. The average Bonchev–Trinajstić information content (AvgIpc) is 3.28. The lowest BCUT2D eigenvalue weighted by Gasteiger charge is -2.26. The summed E-state index contributed by atoms with van der Waals surface area (Å²) in [5.74, 6) is 1.20. The highest BCUT2D eigenvalue weighted by Crippen LogP contribution is 2.28. The quantitative estimate of drug-likeness (QED) is 0.740. The molecule has 5 nitrogen and oxygen atoms in total.